The van der Waals surface area contributed by atoms with Crippen molar-refractivity contribution < 1.29 is 19.0 Å². The number of aryl methyl sites for hydroxylation is 1. The van der Waals surface area contributed by atoms with Crippen LogP contribution in [0.4, 0.5) is 11.5 Å². The standard InChI is InChI=1S/C23H20N4O4/c1-14-9-16(6-7-20(14)31-17-5-4-8-24-12-17)27-23-18-10-22(30-15(2)28)21(29-3)11-19(18)25-13-26-23/h4-13H,1-3H3,(H,25,26,27). The average Bonchev–Trinajstić information content (AvgIpc) is 2.76. The predicted octanol–water partition coefficient (Wildman–Crippen LogP) is 4.80. The summed E-state index contributed by atoms with van der Waals surface area (Å²) in [5, 5.41) is 3.98. The Labute approximate surface area is 178 Å². The molecule has 8 heteroatoms. The fraction of sp³-hybridized carbons (Fsp3) is 0.130. The molecule has 1 N–H and O–H groups in total. The van der Waals surface area contributed by atoms with Crippen molar-refractivity contribution in [2.45, 2.75) is 13.8 Å². The first-order chi connectivity index (χ1) is 15.0. The molecule has 0 aliphatic heterocycles. The lowest BCUT2D eigenvalue weighted by molar-refractivity contribution is -0.132. The third-order valence-electron chi connectivity index (χ3n) is 4.47. The van der Waals surface area contributed by atoms with Crippen molar-refractivity contribution in [1.82, 2.24) is 15.0 Å². The van der Waals surface area contributed by atoms with Gasteiger partial charge in [-0.25, -0.2) is 9.97 Å². The number of carbonyl (C=O) groups excluding carboxylic acids is 1. The largest absolute Gasteiger partial charge is 0.493 e. The van der Waals surface area contributed by atoms with Crippen LogP contribution in [0.2, 0.25) is 0 Å². The van der Waals surface area contributed by atoms with Gasteiger partial charge in [0.05, 0.1) is 18.8 Å². The van der Waals surface area contributed by atoms with Crippen molar-refractivity contribution in [2.75, 3.05) is 12.4 Å². The molecule has 4 rings (SSSR count). The maximum absolute atomic E-state index is 11.5. The van der Waals surface area contributed by atoms with Gasteiger partial charge in [-0.1, -0.05) is 0 Å². The zero-order chi connectivity index (χ0) is 21.8. The fourth-order valence-electron chi connectivity index (χ4n) is 3.07. The van der Waals surface area contributed by atoms with Crippen molar-refractivity contribution in [2.24, 2.45) is 0 Å². The molecule has 0 amide bonds. The summed E-state index contributed by atoms with van der Waals surface area (Å²) in [6, 6.07) is 12.8. The highest BCUT2D eigenvalue weighted by Gasteiger charge is 2.14. The van der Waals surface area contributed by atoms with E-state index >= 15 is 0 Å². The van der Waals surface area contributed by atoms with Gasteiger partial charge < -0.3 is 19.5 Å². The Hall–Kier alpha value is -4.20. The van der Waals surface area contributed by atoms with Crippen LogP contribution in [0.25, 0.3) is 10.9 Å². The quantitative estimate of drug-likeness (QED) is 0.354. The third-order valence-corrected chi connectivity index (χ3v) is 4.47. The summed E-state index contributed by atoms with van der Waals surface area (Å²) < 4.78 is 16.5. The van der Waals surface area contributed by atoms with E-state index in [-0.39, 0.29) is 0 Å². The highest BCUT2D eigenvalue weighted by Crippen LogP contribution is 2.35. The molecule has 0 radical (unpaired) electrons. The second-order valence-electron chi connectivity index (χ2n) is 6.73. The monoisotopic (exact) mass is 416 g/mol. The van der Waals surface area contributed by atoms with Gasteiger partial charge >= 0.3 is 5.97 Å². The highest BCUT2D eigenvalue weighted by atomic mass is 16.6. The number of hydrogen-bond donors (Lipinski definition) is 1. The van der Waals surface area contributed by atoms with Gasteiger partial charge in [0.1, 0.15) is 23.6 Å². The van der Waals surface area contributed by atoms with Crippen LogP contribution in [0.15, 0.2) is 61.2 Å². The van der Waals surface area contributed by atoms with E-state index in [1.54, 1.807) is 24.5 Å². The molecule has 0 spiro atoms. The molecule has 8 nitrogen and oxygen atoms in total. The first kappa shape index (κ1) is 20.1. The third kappa shape index (κ3) is 4.53. The molecular weight excluding hydrogens is 396 g/mol. The van der Waals surface area contributed by atoms with Crippen LogP contribution in [0.1, 0.15) is 12.5 Å². The van der Waals surface area contributed by atoms with Crippen LogP contribution in [0.3, 0.4) is 0 Å². The predicted molar refractivity (Wildman–Crippen MR) is 116 cm³/mol. The Balaban J connectivity index is 1.65. The molecule has 0 atom stereocenters. The fourth-order valence-corrected chi connectivity index (χ4v) is 3.07. The lowest BCUT2D eigenvalue weighted by Crippen LogP contribution is -2.04. The molecule has 156 valence electrons. The first-order valence-corrected chi connectivity index (χ1v) is 9.50. The molecule has 0 aliphatic rings. The van der Waals surface area contributed by atoms with Crippen LogP contribution in [0.5, 0.6) is 23.0 Å². The van der Waals surface area contributed by atoms with E-state index < -0.39 is 5.97 Å². The number of hydrogen-bond acceptors (Lipinski definition) is 8. The Morgan fingerprint density at radius 2 is 1.90 bits per heavy atom. The molecule has 0 bridgehead atoms. The van der Waals surface area contributed by atoms with Crippen LogP contribution in [0, 0.1) is 6.92 Å². The number of pyridine rings is 1. The van der Waals surface area contributed by atoms with E-state index in [2.05, 4.69) is 20.3 Å². The van der Waals surface area contributed by atoms with Gasteiger partial charge in [-0.05, 0) is 48.9 Å². The number of nitrogens with one attached hydrogen (secondary N) is 1. The van der Waals surface area contributed by atoms with Gasteiger partial charge in [0.2, 0.25) is 0 Å². The summed E-state index contributed by atoms with van der Waals surface area (Å²) in [6.07, 6.45) is 4.82. The Bertz CT molecular complexity index is 1250. The highest BCUT2D eigenvalue weighted by molar-refractivity contribution is 5.93. The molecule has 31 heavy (non-hydrogen) atoms. The summed E-state index contributed by atoms with van der Waals surface area (Å²) in [4.78, 5) is 24.2. The number of aromatic nitrogens is 3. The molecule has 0 saturated carbocycles. The van der Waals surface area contributed by atoms with Crippen molar-refractivity contribution in [3.05, 3.63) is 66.7 Å². The second kappa shape index (κ2) is 8.66. The SMILES string of the molecule is COc1cc2ncnc(Nc3ccc(Oc4cccnc4)c(C)c3)c2cc1OC(C)=O. The van der Waals surface area contributed by atoms with Gasteiger partial charge in [0.15, 0.2) is 11.5 Å². The lowest BCUT2D eigenvalue weighted by atomic mass is 10.1. The van der Waals surface area contributed by atoms with Crippen molar-refractivity contribution in [3.63, 3.8) is 0 Å². The molecule has 0 unspecified atom stereocenters. The zero-order valence-electron chi connectivity index (χ0n) is 17.2. The number of fused-ring (bicyclic) bond motifs is 1. The average molecular weight is 416 g/mol. The Morgan fingerprint density at radius 3 is 2.61 bits per heavy atom. The van der Waals surface area contributed by atoms with Crippen LogP contribution >= 0.6 is 0 Å². The number of esters is 1. The van der Waals surface area contributed by atoms with Crippen molar-refractivity contribution in [3.8, 4) is 23.0 Å². The maximum atomic E-state index is 11.5. The second-order valence-corrected chi connectivity index (χ2v) is 6.73. The van der Waals surface area contributed by atoms with E-state index in [1.165, 1.54) is 20.4 Å². The summed E-state index contributed by atoms with van der Waals surface area (Å²) in [5.74, 6) is 2.25. The number of methoxy groups -OCH3 is 1. The van der Waals surface area contributed by atoms with Crippen molar-refractivity contribution >= 4 is 28.4 Å². The number of rotatable bonds is 6. The lowest BCUT2D eigenvalue weighted by Gasteiger charge is -2.14. The van der Waals surface area contributed by atoms with E-state index in [1.807, 2.05) is 37.3 Å². The molecule has 2 aromatic heterocycles. The van der Waals surface area contributed by atoms with E-state index in [0.717, 1.165) is 17.0 Å². The Morgan fingerprint density at radius 1 is 1.03 bits per heavy atom. The minimum absolute atomic E-state index is 0.303. The number of nitrogens with zero attached hydrogens (tertiary/aromatic N) is 3. The number of anilines is 2. The molecule has 0 fully saturated rings. The summed E-state index contributed by atoms with van der Waals surface area (Å²) in [6.45, 7) is 3.29. The van der Waals surface area contributed by atoms with Crippen molar-refractivity contribution in [1.29, 1.82) is 0 Å². The van der Waals surface area contributed by atoms with Gasteiger partial charge in [-0.2, -0.15) is 0 Å². The molecular formula is C23H20N4O4. The van der Waals surface area contributed by atoms with E-state index in [4.69, 9.17) is 14.2 Å². The van der Waals surface area contributed by atoms with Crippen LogP contribution < -0.4 is 19.5 Å². The number of benzene rings is 2. The minimum atomic E-state index is -0.441. The normalized spacial score (nSPS) is 10.5. The van der Waals surface area contributed by atoms with Gasteiger partial charge in [-0.15, -0.1) is 0 Å². The summed E-state index contributed by atoms with van der Waals surface area (Å²) in [5.41, 5.74) is 2.41. The van der Waals surface area contributed by atoms with Gasteiger partial charge in [0.25, 0.3) is 0 Å². The van der Waals surface area contributed by atoms with E-state index in [0.29, 0.717) is 34.0 Å². The summed E-state index contributed by atoms with van der Waals surface area (Å²) in [7, 11) is 1.51. The molecule has 0 saturated heterocycles. The summed E-state index contributed by atoms with van der Waals surface area (Å²) >= 11 is 0. The molecule has 4 aromatic rings. The Kier molecular flexibility index (Phi) is 5.61. The first-order valence-electron chi connectivity index (χ1n) is 9.50. The van der Waals surface area contributed by atoms with Gasteiger partial charge in [0, 0.05) is 30.3 Å². The van der Waals surface area contributed by atoms with E-state index in [9.17, 15) is 4.79 Å². The molecule has 2 heterocycles. The van der Waals surface area contributed by atoms with Crippen LogP contribution in [-0.4, -0.2) is 28.0 Å². The maximum Gasteiger partial charge on any atom is 0.308 e. The minimum Gasteiger partial charge on any atom is -0.493 e. The van der Waals surface area contributed by atoms with Gasteiger partial charge in [-0.3, -0.25) is 9.78 Å². The zero-order valence-corrected chi connectivity index (χ0v) is 17.2. The topological polar surface area (TPSA) is 95.5 Å². The van der Waals surface area contributed by atoms with Crippen LogP contribution in [-0.2, 0) is 4.79 Å². The molecule has 0 aliphatic carbocycles. The number of carbonyl (C=O) groups is 1. The number of ether oxygens (including phenoxy) is 3. The molecule has 2 aromatic carbocycles. The smallest absolute Gasteiger partial charge is 0.308 e.